The van der Waals surface area contributed by atoms with Gasteiger partial charge in [-0.25, -0.2) is 0 Å². The number of nitrogens with zero attached hydrogens (tertiary/aromatic N) is 1. The number of carbonyl (C=O) groups is 2. The van der Waals surface area contributed by atoms with Gasteiger partial charge in [-0.1, -0.05) is 37.3 Å². The van der Waals surface area contributed by atoms with Crippen molar-refractivity contribution in [2.24, 2.45) is 0 Å². The maximum absolute atomic E-state index is 13.1. The summed E-state index contributed by atoms with van der Waals surface area (Å²) < 4.78 is 2.23. The van der Waals surface area contributed by atoms with Gasteiger partial charge >= 0.3 is 0 Å². The summed E-state index contributed by atoms with van der Waals surface area (Å²) in [5.74, 6) is -0.699. The Bertz CT molecular complexity index is 1410. The first-order valence-corrected chi connectivity index (χ1v) is 12.4. The maximum atomic E-state index is 13.1. The van der Waals surface area contributed by atoms with Crippen LogP contribution in [0, 0.1) is 0 Å². The van der Waals surface area contributed by atoms with Crippen molar-refractivity contribution in [3.05, 3.63) is 66.0 Å². The third-order valence-corrected chi connectivity index (χ3v) is 6.91. The summed E-state index contributed by atoms with van der Waals surface area (Å²) in [5, 5.41) is 7.83. The van der Waals surface area contributed by atoms with Gasteiger partial charge in [0, 0.05) is 51.2 Å². The van der Waals surface area contributed by atoms with E-state index < -0.39 is 0 Å². The number of fused-ring (bicyclic) bond motifs is 2. The van der Waals surface area contributed by atoms with Crippen molar-refractivity contribution in [3.63, 3.8) is 0 Å². The Kier molecular flexibility index (Phi) is 5.83. The highest BCUT2D eigenvalue weighted by atomic mass is 32.2. The van der Waals surface area contributed by atoms with Gasteiger partial charge in [0.25, 0.3) is 11.8 Å². The maximum Gasteiger partial charge on any atom is 0.259 e. The molecule has 0 atom stereocenters. The number of rotatable bonds is 8. The molecule has 33 heavy (non-hydrogen) atoms. The molecule has 0 fully saturated rings. The number of carbonyl (C=O) groups excluding carboxylic acids is 2. The van der Waals surface area contributed by atoms with Gasteiger partial charge < -0.3 is 14.9 Å². The van der Waals surface area contributed by atoms with Crippen LogP contribution in [0.25, 0.3) is 33.0 Å². The summed E-state index contributed by atoms with van der Waals surface area (Å²) in [6.45, 7) is 4.79. The Balaban J connectivity index is 1.72. The van der Waals surface area contributed by atoms with E-state index in [1.807, 2.05) is 48.8 Å². The molecule has 3 heterocycles. The zero-order chi connectivity index (χ0) is 22.9. The highest BCUT2D eigenvalue weighted by Gasteiger charge is 2.35. The molecule has 5 rings (SSSR count). The van der Waals surface area contributed by atoms with Crippen LogP contribution in [0.4, 0.5) is 0 Å². The van der Waals surface area contributed by atoms with E-state index in [9.17, 15) is 9.59 Å². The van der Waals surface area contributed by atoms with Crippen LogP contribution in [0.15, 0.2) is 59.8 Å². The number of aromatic amines is 1. The molecule has 7 heteroatoms. The van der Waals surface area contributed by atoms with E-state index in [-0.39, 0.29) is 11.8 Å². The molecule has 0 unspecified atom stereocenters. The lowest BCUT2D eigenvalue weighted by molar-refractivity contribution is -0.122. The number of nitrogens with one attached hydrogen (secondary N) is 3. The summed E-state index contributed by atoms with van der Waals surface area (Å²) in [7, 11) is 0. The van der Waals surface area contributed by atoms with Crippen molar-refractivity contribution in [1.29, 1.82) is 0 Å². The number of imide groups is 1. The normalized spacial score (nSPS) is 14.1. The Hall–Kier alpha value is -3.29. The molecule has 2 aromatic carbocycles. The third-order valence-electron chi connectivity index (χ3n) is 6.14. The molecule has 6 nitrogen and oxygen atoms in total. The van der Waals surface area contributed by atoms with Gasteiger partial charge in [0.1, 0.15) is 0 Å². The molecule has 2 amide bonds. The zero-order valence-corrected chi connectivity index (χ0v) is 19.5. The Morgan fingerprint density at radius 1 is 0.970 bits per heavy atom. The minimum absolute atomic E-state index is 0.346. The summed E-state index contributed by atoms with van der Waals surface area (Å²) >= 11 is 1.69. The van der Waals surface area contributed by atoms with Crippen molar-refractivity contribution in [2.75, 3.05) is 19.3 Å². The van der Waals surface area contributed by atoms with E-state index in [2.05, 4.69) is 39.4 Å². The minimum atomic E-state index is -0.353. The number of thioether (sulfide) groups is 1. The number of aromatic nitrogens is 2. The largest absolute Gasteiger partial charge is 0.361 e. The fourth-order valence-corrected chi connectivity index (χ4v) is 5.30. The predicted octanol–water partition coefficient (Wildman–Crippen LogP) is 4.41. The molecule has 0 radical (unpaired) electrons. The minimum Gasteiger partial charge on any atom is -0.361 e. The van der Waals surface area contributed by atoms with Gasteiger partial charge in [-0.2, -0.15) is 0 Å². The average Bonchev–Trinajstić information content (AvgIpc) is 3.49. The molecule has 0 saturated carbocycles. The Morgan fingerprint density at radius 2 is 1.73 bits per heavy atom. The quantitative estimate of drug-likeness (QED) is 0.208. The smallest absolute Gasteiger partial charge is 0.259 e. The highest BCUT2D eigenvalue weighted by Crippen LogP contribution is 2.40. The Morgan fingerprint density at radius 3 is 2.52 bits per heavy atom. The topological polar surface area (TPSA) is 78.9 Å². The lowest BCUT2D eigenvalue weighted by Crippen LogP contribution is -2.22. The fraction of sp³-hybridized carbons (Fsp3) is 0.231. The van der Waals surface area contributed by atoms with Crippen molar-refractivity contribution in [2.45, 2.75) is 24.8 Å². The second-order valence-electron chi connectivity index (χ2n) is 8.08. The second kappa shape index (κ2) is 8.92. The van der Waals surface area contributed by atoms with Crippen LogP contribution in [0.3, 0.4) is 0 Å². The van der Waals surface area contributed by atoms with Crippen LogP contribution >= 0.6 is 11.8 Å². The van der Waals surface area contributed by atoms with Gasteiger partial charge in [-0.15, -0.1) is 11.8 Å². The van der Waals surface area contributed by atoms with E-state index in [0.717, 1.165) is 63.9 Å². The molecule has 1 aliphatic rings. The molecule has 0 bridgehead atoms. The SMILES string of the molecule is CCNCCCn1cc(C2=C(c3c[nH]c4ccccc34)C(=O)NC2=O)c2cccc(SC)c21. The average molecular weight is 459 g/mol. The lowest BCUT2D eigenvalue weighted by atomic mass is 9.95. The highest BCUT2D eigenvalue weighted by molar-refractivity contribution is 7.98. The summed E-state index contributed by atoms with van der Waals surface area (Å²) in [4.78, 5) is 30.5. The zero-order valence-electron chi connectivity index (χ0n) is 18.7. The summed E-state index contributed by atoms with van der Waals surface area (Å²) in [6, 6.07) is 14.0. The van der Waals surface area contributed by atoms with E-state index in [0.29, 0.717) is 11.1 Å². The summed E-state index contributed by atoms with van der Waals surface area (Å²) in [6.07, 6.45) is 6.89. The first-order chi connectivity index (χ1) is 16.1. The van der Waals surface area contributed by atoms with Crippen LogP contribution in [-0.2, 0) is 16.1 Å². The molecular formula is C26H26N4O2S. The van der Waals surface area contributed by atoms with E-state index in [1.54, 1.807) is 11.8 Å². The fourth-order valence-electron chi connectivity index (χ4n) is 4.66. The standard InChI is InChI=1S/C26H26N4O2S/c1-3-27-12-7-13-30-15-19(17-9-6-11-21(33-2)24(17)30)23-22(25(31)29-26(23)32)18-14-28-20-10-5-4-8-16(18)20/h4-6,8-11,14-15,27-28H,3,7,12-13H2,1-2H3,(H,29,31,32). The molecule has 0 spiro atoms. The number of amides is 2. The van der Waals surface area contributed by atoms with Crippen molar-refractivity contribution >= 4 is 56.5 Å². The number of hydrogen-bond donors (Lipinski definition) is 3. The van der Waals surface area contributed by atoms with Crippen LogP contribution < -0.4 is 10.6 Å². The van der Waals surface area contributed by atoms with Crippen molar-refractivity contribution in [3.8, 4) is 0 Å². The molecule has 0 saturated heterocycles. The number of para-hydroxylation sites is 2. The molecule has 168 valence electrons. The molecule has 1 aliphatic heterocycles. The number of H-pyrrole nitrogens is 1. The number of benzene rings is 2. The van der Waals surface area contributed by atoms with E-state index in [1.165, 1.54) is 0 Å². The molecular weight excluding hydrogens is 432 g/mol. The van der Waals surface area contributed by atoms with E-state index >= 15 is 0 Å². The van der Waals surface area contributed by atoms with Crippen LogP contribution in [0.2, 0.25) is 0 Å². The van der Waals surface area contributed by atoms with Crippen LogP contribution in [-0.4, -0.2) is 40.7 Å². The molecule has 4 aromatic rings. The summed E-state index contributed by atoms with van der Waals surface area (Å²) in [5.41, 5.74) is 4.46. The van der Waals surface area contributed by atoms with Gasteiger partial charge in [0.2, 0.25) is 0 Å². The lowest BCUT2D eigenvalue weighted by Gasteiger charge is -2.08. The first-order valence-electron chi connectivity index (χ1n) is 11.2. The first kappa shape index (κ1) is 21.6. The van der Waals surface area contributed by atoms with Crippen LogP contribution in [0.1, 0.15) is 24.5 Å². The number of hydrogen-bond acceptors (Lipinski definition) is 4. The molecule has 0 aliphatic carbocycles. The number of aryl methyl sites for hydroxylation is 1. The van der Waals surface area contributed by atoms with Crippen LogP contribution in [0.5, 0.6) is 0 Å². The molecule has 2 aromatic heterocycles. The van der Waals surface area contributed by atoms with Gasteiger partial charge in [0.05, 0.1) is 16.7 Å². The Labute approximate surface area is 196 Å². The molecule has 3 N–H and O–H groups in total. The van der Waals surface area contributed by atoms with Crippen molar-refractivity contribution < 1.29 is 9.59 Å². The van der Waals surface area contributed by atoms with E-state index in [4.69, 9.17) is 0 Å². The second-order valence-corrected chi connectivity index (χ2v) is 8.93. The van der Waals surface area contributed by atoms with Gasteiger partial charge in [-0.05, 0) is 37.9 Å². The third kappa shape index (κ3) is 3.67. The van der Waals surface area contributed by atoms with Gasteiger partial charge in [0.15, 0.2) is 0 Å². The predicted molar refractivity (Wildman–Crippen MR) is 135 cm³/mol. The van der Waals surface area contributed by atoms with Crippen molar-refractivity contribution in [1.82, 2.24) is 20.2 Å². The monoisotopic (exact) mass is 458 g/mol. The van der Waals surface area contributed by atoms with Gasteiger partial charge in [-0.3, -0.25) is 14.9 Å².